The summed E-state index contributed by atoms with van der Waals surface area (Å²) in [6.07, 6.45) is -0.0751. The van der Waals surface area contributed by atoms with E-state index in [0.717, 1.165) is 0 Å². The lowest BCUT2D eigenvalue weighted by Crippen LogP contribution is -2.14. The van der Waals surface area contributed by atoms with Crippen LogP contribution in [0.5, 0.6) is 0 Å². The number of aliphatic imine (C=N–C) groups is 1. The Kier molecular flexibility index (Phi) is 3.00. The first kappa shape index (κ1) is 8.94. The van der Waals surface area contributed by atoms with Gasteiger partial charge in [0.1, 0.15) is 6.04 Å². The number of carbonyl (C=O) groups is 1. The standard InChI is InChI=1S/C7H8N2O2S/c8-7-9-5(4-6(10)11)2-1-3-12-7/h5H,3-4H2,(H2,8,9)(H,10,11). The van der Waals surface area contributed by atoms with Crippen LogP contribution in [0.1, 0.15) is 6.42 Å². The Labute approximate surface area is 74.2 Å². The second-order valence-electron chi connectivity index (χ2n) is 2.19. The monoisotopic (exact) mass is 184 g/mol. The third-order valence-electron chi connectivity index (χ3n) is 1.21. The van der Waals surface area contributed by atoms with Crippen LogP contribution >= 0.6 is 11.8 Å². The molecule has 0 saturated heterocycles. The fourth-order valence-corrected chi connectivity index (χ4v) is 1.26. The van der Waals surface area contributed by atoms with E-state index in [4.69, 9.17) is 10.8 Å². The van der Waals surface area contributed by atoms with Gasteiger partial charge in [-0.2, -0.15) is 0 Å². The first-order chi connectivity index (χ1) is 5.68. The number of hydrogen-bond donors (Lipinski definition) is 2. The molecule has 1 aliphatic heterocycles. The van der Waals surface area contributed by atoms with Gasteiger partial charge in [0.25, 0.3) is 0 Å². The van der Waals surface area contributed by atoms with Gasteiger partial charge in [0.15, 0.2) is 5.17 Å². The van der Waals surface area contributed by atoms with Gasteiger partial charge >= 0.3 is 5.97 Å². The van der Waals surface area contributed by atoms with Crippen LogP contribution in [0.4, 0.5) is 0 Å². The number of rotatable bonds is 2. The van der Waals surface area contributed by atoms with Crippen molar-refractivity contribution in [2.75, 3.05) is 5.75 Å². The van der Waals surface area contributed by atoms with Crippen LogP contribution in [0, 0.1) is 11.8 Å². The fourth-order valence-electron chi connectivity index (χ4n) is 0.755. The van der Waals surface area contributed by atoms with Crippen molar-refractivity contribution in [3.05, 3.63) is 0 Å². The van der Waals surface area contributed by atoms with Crippen molar-refractivity contribution in [3.63, 3.8) is 0 Å². The van der Waals surface area contributed by atoms with E-state index in [0.29, 0.717) is 10.9 Å². The van der Waals surface area contributed by atoms with Crippen LogP contribution < -0.4 is 5.73 Å². The van der Waals surface area contributed by atoms with E-state index in [1.165, 1.54) is 11.8 Å². The largest absolute Gasteiger partial charge is 0.481 e. The molecule has 1 atom stereocenters. The number of thioether (sulfide) groups is 1. The average Bonchev–Trinajstić information content (AvgIpc) is 2.12. The Morgan fingerprint density at radius 2 is 2.67 bits per heavy atom. The van der Waals surface area contributed by atoms with E-state index < -0.39 is 12.0 Å². The lowest BCUT2D eigenvalue weighted by atomic mass is 10.2. The summed E-state index contributed by atoms with van der Waals surface area (Å²) in [5.74, 6) is 5.20. The maximum Gasteiger partial charge on any atom is 0.306 e. The molecule has 0 saturated carbocycles. The second-order valence-corrected chi connectivity index (χ2v) is 3.19. The Morgan fingerprint density at radius 3 is 3.33 bits per heavy atom. The van der Waals surface area contributed by atoms with Gasteiger partial charge in [-0.15, -0.1) is 0 Å². The SMILES string of the molecule is NC1=NC(CC(=O)O)C#CCS1. The molecule has 1 heterocycles. The summed E-state index contributed by atoms with van der Waals surface area (Å²) in [5.41, 5.74) is 5.44. The number of nitrogens with zero attached hydrogens (tertiary/aromatic N) is 1. The van der Waals surface area contributed by atoms with Crippen molar-refractivity contribution >= 4 is 22.9 Å². The third-order valence-corrected chi connectivity index (χ3v) is 1.90. The molecule has 3 N–H and O–H groups in total. The van der Waals surface area contributed by atoms with Gasteiger partial charge in [-0.3, -0.25) is 4.79 Å². The van der Waals surface area contributed by atoms with E-state index in [1.54, 1.807) is 0 Å². The zero-order valence-electron chi connectivity index (χ0n) is 6.28. The number of carboxylic acid groups (broad SMARTS) is 1. The number of nitrogens with two attached hydrogens (primary N) is 1. The van der Waals surface area contributed by atoms with Gasteiger partial charge in [0.05, 0.1) is 12.2 Å². The van der Waals surface area contributed by atoms with Gasteiger partial charge in [0, 0.05) is 0 Å². The average molecular weight is 184 g/mol. The maximum absolute atomic E-state index is 10.3. The highest BCUT2D eigenvalue weighted by atomic mass is 32.2. The predicted octanol–water partition coefficient (Wildman–Crippen LogP) is -0.105. The van der Waals surface area contributed by atoms with Gasteiger partial charge in [0.2, 0.25) is 0 Å². The molecule has 0 spiro atoms. The van der Waals surface area contributed by atoms with Crippen LogP contribution in [-0.2, 0) is 4.79 Å². The topological polar surface area (TPSA) is 75.7 Å². The molecule has 0 aromatic carbocycles. The minimum Gasteiger partial charge on any atom is -0.481 e. The van der Waals surface area contributed by atoms with Gasteiger partial charge in [-0.05, 0) is 0 Å². The summed E-state index contributed by atoms with van der Waals surface area (Å²) in [6.45, 7) is 0. The molecular weight excluding hydrogens is 176 g/mol. The van der Waals surface area contributed by atoms with Crippen LogP contribution in [0.25, 0.3) is 0 Å². The zero-order chi connectivity index (χ0) is 8.97. The van der Waals surface area contributed by atoms with E-state index >= 15 is 0 Å². The number of amidine groups is 1. The van der Waals surface area contributed by atoms with E-state index in [-0.39, 0.29) is 6.42 Å². The Bertz CT molecular complexity index is 277. The quantitative estimate of drug-likeness (QED) is 0.587. The van der Waals surface area contributed by atoms with Crippen molar-refractivity contribution in [3.8, 4) is 11.8 Å². The molecule has 1 rings (SSSR count). The second kappa shape index (κ2) is 4.02. The molecule has 1 aliphatic rings. The first-order valence-corrected chi connectivity index (χ1v) is 4.33. The molecule has 0 aromatic heterocycles. The van der Waals surface area contributed by atoms with Crippen LogP contribution in [0.15, 0.2) is 4.99 Å². The van der Waals surface area contributed by atoms with Crippen LogP contribution in [0.2, 0.25) is 0 Å². The summed E-state index contributed by atoms with van der Waals surface area (Å²) in [4.78, 5) is 14.2. The summed E-state index contributed by atoms with van der Waals surface area (Å²) >= 11 is 1.33. The Hall–Kier alpha value is -1.15. The molecule has 0 fully saturated rings. The molecule has 0 bridgehead atoms. The molecule has 0 aromatic rings. The minimum atomic E-state index is -0.905. The smallest absolute Gasteiger partial charge is 0.306 e. The molecular formula is C7H8N2O2S. The van der Waals surface area contributed by atoms with Crippen LogP contribution in [-0.4, -0.2) is 28.0 Å². The Balaban J connectivity index is 2.64. The molecule has 0 aliphatic carbocycles. The molecule has 12 heavy (non-hydrogen) atoms. The van der Waals surface area contributed by atoms with Gasteiger partial charge in [-0.25, -0.2) is 4.99 Å². The molecule has 1 unspecified atom stereocenters. The van der Waals surface area contributed by atoms with E-state index in [2.05, 4.69) is 16.8 Å². The van der Waals surface area contributed by atoms with Crippen molar-refractivity contribution in [1.29, 1.82) is 0 Å². The van der Waals surface area contributed by atoms with Gasteiger partial charge in [-0.1, -0.05) is 23.6 Å². The highest BCUT2D eigenvalue weighted by Gasteiger charge is 2.10. The van der Waals surface area contributed by atoms with Crippen molar-refractivity contribution in [2.24, 2.45) is 10.7 Å². The molecule has 64 valence electrons. The maximum atomic E-state index is 10.3. The summed E-state index contributed by atoms with van der Waals surface area (Å²) in [6, 6.07) is -0.475. The third kappa shape index (κ3) is 2.84. The van der Waals surface area contributed by atoms with Crippen molar-refractivity contribution in [1.82, 2.24) is 0 Å². The summed E-state index contributed by atoms with van der Waals surface area (Å²) in [5, 5.41) is 8.86. The van der Waals surface area contributed by atoms with Gasteiger partial charge < -0.3 is 10.8 Å². The molecule has 5 heteroatoms. The Morgan fingerprint density at radius 1 is 1.92 bits per heavy atom. The lowest BCUT2D eigenvalue weighted by molar-refractivity contribution is -0.137. The number of aliphatic carboxylic acids is 1. The molecule has 0 amide bonds. The van der Waals surface area contributed by atoms with Crippen LogP contribution in [0.3, 0.4) is 0 Å². The highest BCUT2D eigenvalue weighted by molar-refractivity contribution is 8.14. The molecule has 0 radical (unpaired) electrons. The van der Waals surface area contributed by atoms with E-state index in [1.807, 2.05) is 0 Å². The summed E-state index contributed by atoms with van der Waals surface area (Å²) in [7, 11) is 0. The first-order valence-electron chi connectivity index (χ1n) is 3.35. The fraction of sp³-hybridized carbons (Fsp3) is 0.429. The van der Waals surface area contributed by atoms with Crippen molar-refractivity contribution < 1.29 is 9.90 Å². The number of hydrogen-bond acceptors (Lipinski definition) is 4. The van der Waals surface area contributed by atoms with E-state index in [9.17, 15) is 4.79 Å². The predicted molar refractivity (Wildman–Crippen MR) is 47.9 cm³/mol. The molecule has 4 nitrogen and oxygen atoms in total. The number of carboxylic acids is 1. The zero-order valence-corrected chi connectivity index (χ0v) is 7.10. The highest BCUT2D eigenvalue weighted by Crippen LogP contribution is 2.06. The summed E-state index contributed by atoms with van der Waals surface area (Å²) < 4.78 is 0. The lowest BCUT2D eigenvalue weighted by Gasteiger charge is -2.00. The normalized spacial score (nSPS) is 21.7. The van der Waals surface area contributed by atoms with Crippen molar-refractivity contribution in [2.45, 2.75) is 12.5 Å². The minimum absolute atomic E-state index is 0.0751.